The molecular weight excluding hydrogens is 562 g/mol. The molecule has 0 fully saturated rings. The number of hydrogen-bond donors (Lipinski definition) is 2. The van der Waals surface area contributed by atoms with Crippen LogP contribution in [0.3, 0.4) is 0 Å². The normalized spacial score (nSPS) is 10.5. The molecule has 0 radical (unpaired) electrons. The number of rotatable bonds is 13. The second-order valence-electron chi connectivity index (χ2n) is 9.87. The van der Waals surface area contributed by atoms with Crippen LogP contribution in [0.1, 0.15) is 50.1 Å². The van der Waals surface area contributed by atoms with Crippen LogP contribution in [0.2, 0.25) is 0 Å². The number of carbonyl (C=O) groups is 4. The minimum atomic E-state index is -0.676. The number of likely N-dealkylation sites (N-methyl/N-ethyl adjacent to an activating group) is 1. The van der Waals surface area contributed by atoms with Crippen molar-refractivity contribution in [1.29, 1.82) is 0 Å². The van der Waals surface area contributed by atoms with E-state index in [1.165, 1.54) is 11.1 Å². The number of nitrogens with zero attached hydrogens (tertiary/aromatic N) is 3. The molecule has 0 bridgehead atoms. The molecule has 0 aliphatic carbocycles. The maximum atomic E-state index is 13.7. The Hall–Kier alpha value is -5.58. The Balaban J connectivity index is 1.50. The first-order valence-corrected chi connectivity index (χ1v) is 13.9. The first-order valence-electron chi connectivity index (χ1n) is 13.9. The van der Waals surface area contributed by atoms with E-state index in [-0.39, 0.29) is 49.4 Å². The molecule has 0 unspecified atom stereocenters. The second kappa shape index (κ2) is 15.6. The van der Waals surface area contributed by atoms with Crippen molar-refractivity contribution in [2.45, 2.75) is 19.1 Å². The third-order valence-electron chi connectivity index (χ3n) is 6.43. The van der Waals surface area contributed by atoms with Gasteiger partial charge in [0.1, 0.15) is 12.2 Å². The number of benzene rings is 3. The number of carbonyl (C=O) groups excluding carboxylic acids is 4. The molecule has 4 aromatic rings. The van der Waals surface area contributed by atoms with Crippen LogP contribution in [0.4, 0.5) is 0 Å². The van der Waals surface area contributed by atoms with Crippen LogP contribution in [0.15, 0.2) is 97.2 Å². The minimum absolute atomic E-state index is 0.0449. The van der Waals surface area contributed by atoms with E-state index in [4.69, 9.17) is 9.47 Å². The van der Waals surface area contributed by atoms with Crippen LogP contribution in [0.5, 0.6) is 5.88 Å². The topological polar surface area (TPSA) is 140 Å². The molecule has 0 saturated heterocycles. The van der Waals surface area contributed by atoms with E-state index in [9.17, 15) is 19.2 Å². The lowest BCUT2D eigenvalue weighted by Crippen LogP contribution is -2.32. The molecule has 1 heterocycles. The Morgan fingerprint density at radius 2 is 1.41 bits per heavy atom. The molecule has 44 heavy (non-hydrogen) atoms. The van der Waals surface area contributed by atoms with Gasteiger partial charge in [0.15, 0.2) is 6.61 Å². The Morgan fingerprint density at radius 3 is 2.00 bits per heavy atom. The molecule has 0 aliphatic rings. The number of nitrogens with one attached hydrogen (secondary N) is 2. The van der Waals surface area contributed by atoms with E-state index in [0.717, 1.165) is 16.7 Å². The smallest absolute Gasteiger partial charge is 0.308 e. The summed E-state index contributed by atoms with van der Waals surface area (Å²) in [5.41, 5.74) is 2.63. The zero-order valence-corrected chi connectivity index (χ0v) is 24.4. The van der Waals surface area contributed by atoms with Gasteiger partial charge in [-0.2, -0.15) is 4.98 Å². The fourth-order valence-electron chi connectivity index (χ4n) is 4.03. The Labute approximate surface area is 255 Å². The third-order valence-corrected chi connectivity index (χ3v) is 6.43. The molecule has 0 aliphatic heterocycles. The summed E-state index contributed by atoms with van der Waals surface area (Å²) < 4.78 is 10.8. The summed E-state index contributed by atoms with van der Waals surface area (Å²) in [7, 11) is 3.10. The van der Waals surface area contributed by atoms with E-state index < -0.39 is 23.8 Å². The predicted molar refractivity (Wildman–Crippen MR) is 162 cm³/mol. The Bertz CT molecular complexity index is 1530. The quantitative estimate of drug-likeness (QED) is 0.225. The molecule has 11 nitrogen and oxygen atoms in total. The van der Waals surface area contributed by atoms with Gasteiger partial charge in [0.25, 0.3) is 17.7 Å². The maximum absolute atomic E-state index is 13.7. The Kier molecular flexibility index (Phi) is 11.1. The predicted octanol–water partition coefficient (Wildman–Crippen LogP) is 3.33. The number of amides is 3. The average molecular weight is 596 g/mol. The lowest BCUT2D eigenvalue weighted by molar-refractivity contribution is -0.150. The highest BCUT2D eigenvalue weighted by molar-refractivity contribution is 5.97. The van der Waals surface area contributed by atoms with Gasteiger partial charge < -0.3 is 25.0 Å². The van der Waals surface area contributed by atoms with E-state index in [2.05, 4.69) is 20.6 Å². The number of esters is 1. The first-order chi connectivity index (χ1) is 21.3. The minimum Gasteiger partial charge on any atom is -0.472 e. The summed E-state index contributed by atoms with van der Waals surface area (Å²) in [4.78, 5) is 59.7. The monoisotopic (exact) mass is 595 g/mol. The lowest BCUT2D eigenvalue weighted by Gasteiger charge is -2.20. The van der Waals surface area contributed by atoms with Crippen molar-refractivity contribution in [2.24, 2.45) is 0 Å². The van der Waals surface area contributed by atoms with Gasteiger partial charge in [0, 0.05) is 26.8 Å². The molecule has 1 aromatic heterocycles. The molecular formula is C33H33N5O6. The summed E-state index contributed by atoms with van der Waals surface area (Å²) in [6, 6.07) is 27.9. The zero-order valence-electron chi connectivity index (χ0n) is 24.4. The van der Waals surface area contributed by atoms with E-state index in [1.54, 1.807) is 14.1 Å². The number of aromatic nitrogens is 2. The van der Waals surface area contributed by atoms with E-state index in [1.807, 2.05) is 91.0 Å². The van der Waals surface area contributed by atoms with Crippen molar-refractivity contribution in [3.63, 3.8) is 0 Å². The summed E-state index contributed by atoms with van der Waals surface area (Å²) in [6.45, 7) is -0.364. The largest absolute Gasteiger partial charge is 0.472 e. The summed E-state index contributed by atoms with van der Waals surface area (Å²) in [5.74, 6) is -2.50. The summed E-state index contributed by atoms with van der Waals surface area (Å²) in [6.07, 6.45) is 1.08. The lowest BCUT2D eigenvalue weighted by atomic mass is 9.98. The molecule has 2 N–H and O–H groups in total. The fraction of sp³-hybridized carbons (Fsp3) is 0.212. The van der Waals surface area contributed by atoms with Gasteiger partial charge in [-0.15, -0.1) is 0 Å². The molecule has 0 saturated carbocycles. The van der Waals surface area contributed by atoms with E-state index in [0.29, 0.717) is 0 Å². The average Bonchev–Trinajstić information content (AvgIpc) is 3.06. The highest BCUT2D eigenvalue weighted by Crippen LogP contribution is 2.24. The third kappa shape index (κ3) is 8.96. The number of ether oxygens (including phenoxy) is 2. The van der Waals surface area contributed by atoms with Gasteiger partial charge >= 0.3 is 5.97 Å². The van der Waals surface area contributed by atoms with Crippen LogP contribution in [0.25, 0.3) is 0 Å². The SMILES string of the molecule is CN(C)C(=O)COC(=O)CCNC(=O)c1ncc(C(=O)NC(c2ccccc2)c2ccccc2)c(OCc2ccccc2)n1. The fourth-order valence-corrected chi connectivity index (χ4v) is 4.03. The van der Waals surface area contributed by atoms with Crippen molar-refractivity contribution in [3.8, 4) is 5.88 Å². The summed E-state index contributed by atoms with van der Waals surface area (Å²) >= 11 is 0. The molecule has 0 spiro atoms. The highest BCUT2D eigenvalue weighted by atomic mass is 16.5. The van der Waals surface area contributed by atoms with Crippen LogP contribution < -0.4 is 15.4 Å². The van der Waals surface area contributed by atoms with Gasteiger partial charge in [0.05, 0.1) is 12.5 Å². The van der Waals surface area contributed by atoms with E-state index >= 15 is 0 Å². The van der Waals surface area contributed by atoms with Crippen LogP contribution >= 0.6 is 0 Å². The van der Waals surface area contributed by atoms with Crippen molar-refractivity contribution < 1.29 is 28.7 Å². The first kappa shape index (κ1) is 31.4. The summed E-state index contributed by atoms with van der Waals surface area (Å²) in [5, 5.41) is 5.60. The zero-order chi connectivity index (χ0) is 31.3. The molecule has 11 heteroatoms. The molecule has 3 aromatic carbocycles. The molecule has 226 valence electrons. The number of hydrogen-bond acceptors (Lipinski definition) is 8. The van der Waals surface area contributed by atoms with Crippen LogP contribution in [-0.4, -0.2) is 65.8 Å². The van der Waals surface area contributed by atoms with Gasteiger partial charge in [-0.25, -0.2) is 4.98 Å². The Morgan fingerprint density at radius 1 is 0.818 bits per heavy atom. The van der Waals surface area contributed by atoms with Gasteiger partial charge in [-0.3, -0.25) is 19.2 Å². The van der Waals surface area contributed by atoms with Gasteiger partial charge in [-0.05, 0) is 16.7 Å². The molecule has 0 atom stereocenters. The van der Waals surface area contributed by atoms with Gasteiger partial charge in [-0.1, -0.05) is 91.0 Å². The van der Waals surface area contributed by atoms with Gasteiger partial charge in [0.2, 0.25) is 11.7 Å². The van der Waals surface area contributed by atoms with Crippen LogP contribution in [0, 0.1) is 0 Å². The molecule has 4 rings (SSSR count). The van der Waals surface area contributed by atoms with Crippen LogP contribution in [-0.2, 0) is 20.9 Å². The maximum Gasteiger partial charge on any atom is 0.308 e. The van der Waals surface area contributed by atoms with Crippen molar-refractivity contribution >= 4 is 23.7 Å². The second-order valence-corrected chi connectivity index (χ2v) is 9.87. The van der Waals surface area contributed by atoms with Crippen molar-refractivity contribution in [2.75, 3.05) is 27.2 Å². The van der Waals surface area contributed by atoms with Crippen molar-refractivity contribution in [1.82, 2.24) is 25.5 Å². The highest BCUT2D eigenvalue weighted by Gasteiger charge is 2.23. The standard InChI is InChI=1S/C33H33N5O6/c1-38(2)27(39)22-43-28(40)18-19-34-32(42)30-35-20-26(33(37-30)44-21-23-12-6-3-7-13-23)31(41)36-29(24-14-8-4-9-15-24)25-16-10-5-11-17-25/h3-17,20,29H,18-19,21-22H2,1-2H3,(H,34,42)(H,36,41). The van der Waals surface area contributed by atoms with Crippen molar-refractivity contribution in [3.05, 3.63) is 125 Å². The molecule has 3 amide bonds.